The van der Waals surface area contributed by atoms with Gasteiger partial charge in [0.1, 0.15) is 0 Å². The Labute approximate surface area is 175 Å². The summed E-state index contributed by atoms with van der Waals surface area (Å²) in [5.74, 6) is -0.382. The van der Waals surface area contributed by atoms with Gasteiger partial charge in [-0.3, -0.25) is 9.52 Å². The standard InChI is InChI=1S/C22H21ClN2O3S/c1-15-3-7-17(8-4-15)14-24-22(26)20-13-18(9-12-21(20)23)25-29(27,28)19-10-5-16(2)6-11-19/h3-13,25H,14H2,1-2H3,(H,24,26). The van der Waals surface area contributed by atoms with Gasteiger partial charge in [0.25, 0.3) is 15.9 Å². The summed E-state index contributed by atoms with van der Waals surface area (Å²) in [6.07, 6.45) is 0. The number of hydrogen-bond acceptors (Lipinski definition) is 3. The molecule has 2 N–H and O–H groups in total. The first-order valence-corrected chi connectivity index (χ1v) is 10.8. The van der Waals surface area contributed by atoms with Crippen LogP contribution in [0.5, 0.6) is 0 Å². The minimum absolute atomic E-state index is 0.142. The highest BCUT2D eigenvalue weighted by Crippen LogP contribution is 2.23. The van der Waals surface area contributed by atoms with Crippen molar-refractivity contribution in [1.82, 2.24) is 5.32 Å². The zero-order valence-corrected chi connectivity index (χ0v) is 17.6. The lowest BCUT2D eigenvalue weighted by molar-refractivity contribution is 0.0951. The summed E-state index contributed by atoms with van der Waals surface area (Å²) in [6, 6.07) is 18.8. The summed E-state index contributed by atoms with van der Waals surface area (Å²) in [5.41, 5.74) is 3.51. The van der Waals surface area contributed by atoms with Crippen LogP contribution in [0.15, 0.2) is 71.6 Å². The van der Waals surface area contributed by atoms with Crippen LogP contribution in [0.4, 0.5) is 5.69 Å². The van der Waals surface area contributed by atoms with Gasteiger partial charge in [-0.05, 0) is 49.7 Å². The minimum Gasteiger partial charge on any atom is -0.348 e. The van der Waals surface area contributed by atoms with Crippen LogP contribution in [0.25, 0.3) is 0 Å². The molecule has 150 valence electrons. The third-order valence-electron chi connectivity index (χ3n) is 4.37. The van der Waals surface area contributed by atoms with E-state index in [0.29, 0.717) is 6.54 Å². The van der Waals surface area contributed by atoms with Crippen LogP contribution in [-0.4, -0.2) is 14.3 Å². The molecule has 3 aromatic rings. The number of halogens is 1. The quantitative estimate of drug-likeness (QED) is 0.598. The molecule has 7 heteroatoms. The predicted molar refractivity (Wildman–Crippen MR) is 116 cm³/mol. The fraction of sp³-hybridized carbons (Fsp3) is 0.136. The van der Waals surface area contributed by atoms with E-state index in [1.54, 1.807) is 12.1 Å². The van der Waals surface area contributed by atoms with E-state index < -0.39 is 10.0 Å². The highest BCUT2D eigenvalue weighted by Gasteiger charge is 2.16. The maximum absolute atomic E-state index is 12.6. The van der Waals surface area contributed by atoms with Crippen molar-refractivity contribution in [2.24, 2.45) is 0 Å². The Morgan fingerprint density at radius 1 is 0.897 bits per heavy atom. The van der Waals surface area contributed by atoms with E-state index in [4.69, 9.17) is 11.6 Å². The number of aryl methyl sites for hydroxylation is 2. The lowest BCUT2D eigenvalue weighted by atomic mass is 10.1. The summed E-state index contributed by atoms with van der Waals surface area (Å²) < 4.78 is 27.6. The number of carbonyl (C=O) groups is 1. The summed E-state index contributed by atoms with van der Waals surface area (Å²) in [6.45, 7) is 4.21. The molecule has 0 fully saturated rings. The van der Waals surface area contributed by atoms with E-state index in [0.717, 1.165) is 16.7 Å². The van der Waals surface area contributed by atoms with Crippen molar-refractivity contribution in [3.05, 3.63) is 94.0 Å². The molecule has 0 aliphatic rings. The predicted octanol–water partition coefficient (Wildman–Crippen LogP) is 4.69. The zero-order valence-electron chi connectivity index (χ0n) is 16.1. The van der Waals surface area contributed by atoms with Crippen LogP contribution in [0.2, 0.25) is 5.02 Å². The minimum atomic E-state index is -3.77. The second kappa shape index (κ2) is 8.68. The first-order valence-electron chi connectivity index (χ1n) is 8.97. The molecule has 0 atom stereocenters. The van der Waals surface area contributed by atoms with Gasteiger partial charge in [-0.25, -0.2) is 8.42 Å². The second-order valence-electron chi connectivity index (χ2n) is 6.78. The van der Waals surface area contributed by atoms with Gasteiger partial charge in [-0.1, -0.05) is 59.1 Å². The molecule has 0 saturated heterocycles. The number of benzene rings is 3. The Hall–Kier alpha value is -2.83. The maximum atomic E-state index is 12.6. The first-order chi connectivity index (χ1) is 13.7. The van der Waals surface area contributed by atoms with E-state index >= 15 is 0 Å². The lowest BCUT2D eigenvalue weighted by Crippen LogP contribution is -2.23. The lowest BCUT2D eigenvalue weighted by Gasteiger charge is -2.12. The fourth-order valence-corrected chi connectivity index (χ4v) is 3.93. The molecule has 3 aromatic carbocycles. The van der Waals surface area contributed by atoms with Gasteiger partial charge < -0.3 is 5.32 Å². The van der Waals surface area contributed by atoms with Crippen molar-refractivity contribution < 1.29 is 13.2 Å². The average molecular weight is 429 g/mol. The molecule has 1 amide bonds. The molecule has 0 saturated carbocycles. The topological polar surface area (TPSA) is 75.3 Å². The van der Waals surface area contributed by atoms with E-state index in [9.17, 15) is 13.2 Å². The van der Waals surface area contributed by atoms with Gasteiger partial charge in [-0.15, -0.1) is 0 Å². The molecule has 0 unspecified atom stereocenters. The normalized spacial score (nSPS) is 11.1. The first kappa shape index (κ1) is 20.9. The van der Waals surface area contributed by atoms with Crippen LogP contribution in [0.1, 0.15) is 27.0 Å². The van der Waals surface area contributed by atoms with E-state index in [1.165, 1.54) is 30.3 Å². The summed E-state index contributed by atoms with van der Waals surface area (Å²) in [5, 5.41) is 3.04. The largest absolute Gasteiger partial charge is 0.348 e. The van der Waals surface area contributed by atoms with Crippen LogP contribution in [0, 0.1) is 13.8 Å². The molecule has 0 aliphatic heterocycles. The van der Waals surface area contributed by atoms with Crippen molar-refractivity contribution >= 4 is 33.2 Å². The van der Waals surface area contributed by atoms with Gasteiger partial charge >= 0.3 is 0 Å². The van der Waals surface area contributed by atoms with Crippen molar-refractivity contribution in [1.29, 1.82) is 0 Å². The Kier molecular flexibility index (Phi) is 6.25. The molecule has 0 bridgehead atoms. The fourth-order valence-electron chi connectivity index (χ4n) is 2.68. The zero-order chi connectivity index (χ0) is 21.0. The highest BCUT2D eigenvalue weighted by atomic mass is 35.5. The molecule has 0 heterocycles. The van der Waals surface area contributed by atoms with Gasteiger partial charge in [0.05, 0.1) is 15.5 Å². The van der Waals surface area contributed by atoms with Gasteiger partial charge in [-0.2, -0.15) is 0 Å². The SMILES string of the molecule is Cc1ccc(CNC(=O)c2cc(NS(=O)(=O)c3ccc(C)cc3)ccc2Cl)cc1. The van der Waals surface area contributed by atoms with E-state index in [2.05, 4.69) is 10.0 Å². The number of amides is 1. The Bertz CT molecular complexity index is 1130. The van der Waals surface area contributed by atoms with Crippen molar-refractivity contribution in [2.45, 2.75) is 25.3 Å². The molecule has 0 spiro atoms. The highest BCUT2D eigenvalue weighted by molar-refractivity contribution is 7.92. The average Bonchev–Trinajstić information content (AvgIpc) is 2.69. The van der Waals surface area contributed by atoms with Crippen LogP contribution < -0.4 is 10.0 Å². The molecule has 0 aliphatic carbocycles. The third-order valence-corrected chi connectivity index (χ3v) is 6.09. The van der Waals surface area contributed by atoms with Gasteiger partial charge in [0.2, 0.25) is 0 Å². The number of carbonyl (C=O) groups excluding carboxylic acids is 1. The molecular formula is C22H21ClN2O3S. The van der Waals surface area contributed by atoms with Crippen molar-refractivity contribution in [2.75, 3.05) is 4.72 Å². The number of anilines is 1. The van der Waals surface area contributed by atoms with Crippen LogP contribution in [-0.2, 0) is 16.6 Å². The van der Waals surface area contributed by atoms with Crippen LogP contribution in [0.3, 0.4) is 0 Å². The number of sulfonamides is 1. The number of hydrogen-bond donors (Lipinski definition) is 2. The maximum Gasteiger partial charge on any atom is 0.261 e. The molecule has 0 aromatic heterocycles. The number of nitrogens with one attached hydrogen (secondary N) is 2. The Balaban J connectivity index is 1.75. The molecule has 0 radical (unpaired) electrons. The molecule has 5 nitrogen and oxygen atoms in total. The second-order valence-corrected chi connectivity index (χ2v) is 8.87. The Morgan fingerprint density at radius 2 is 1.48 bits per heavy atom. The monoisotopic (exact) mass is 428 g/mol. The number of rotatable bonds is 6. The van der Waals surface area contributed by atoms with Gasteiger partial charge in [0, 0.05) is 12.2 Å². The molecular weight excluding hydrogens is 408 g/mol. The smallest absolute Gasteiger partial charge is 0.261 e. The van der Waals surface area contributed by atoms with E-state index in [-0.39, 0.29) is 27.1 Å². The van der Waals surface area contributed by atoms with Crippen molar-refractivity contribution in [3.63, 3.8) is 0 Å². The van der Waals surface area contributed by atoms with Gasteiger partial charge in [0.15, 0.2) is 0 Å². The third kappa shape index (κ3) is 5.37. The summed E-state index contributed by atoms with van der Waals surface area (Å²) >= 11 is 6.16. The Morgan fingerprint density at radius 3 is 2.10 bits per heavy atom. The van der Waals surface area contributed by atoms with Crippen molar-refractivity contribution in [3.8, 4) is 0 Å². The molecule has 3 rings (SSSR count). The van der Waals surface area contributed by atoms with Crippen LogP contribution >= 0.6 is 11.6 Å². The summed E-state index contributed by atoms with van der Waals surface area (Å²) in [4.78, 5) is 12.7. The molecule has 29 heavy (non-hydrogen) atoms. The van der Waals surface area contributed by atoms with E-state index in [1.807, 2.05) is 38.1 Å². The summed E-state index contributed by atoms with van der Waals surface area (Å²) in [7, 11) is -3.77.